The van der Waals surface area contributed by atoms with Crippen molar-refractivity contribution < 1.29 is 9.13 Å². The van der Waals surface area contributed by atoms with Crippen molar-refractivity contribution in [3.63, 3.8) is 0 Å². The van der Waals surface area contributed by atoms with E-state index >= 15 is 0 Å². The summed E-state index contributed by atoms with van der Waals surface area (Å²) in [6, 6.07) is -0.756. The molecule has 0 N–H and O–H groups in total. The zero-order chi connectivity index (χ0) is 11.3. The molecule has 0 bridgehead atoms. The van der Waals surface area contributed by atoms with Gasteiger partial charge in [0.1, 0.15) is 14.0 Å². The molecule has 1 unspecified atom stereocenters. The molecule has 2 saturated heterocycles. The third kappa shape index (κ3) is 2.30. The van der Waals surface area contributed by atoms with Crippen LogP contribution >= 0.6 is 27.2 Å². The van der Waals surface area contributed by atoms with Crippen LogP contribution in [0, 0.1) is 5.92 Å². The van der Waals surface area contributed by atoms with E-state index in [1.807, 2.05) is 6.92 Å². The van der Waals surface area contributed by atoms with Crippen molar-refractivity contribution in [2.75, 3.05) is 18.2 Å². The Morgan fingerprint density at radius 2 is 2.07 bits per heavy atom. The average Bonchev–Trinajstić information content (AvgIpc) is 2.38. The summed E-state index contributed by atoms with van der Waals surface area (Å²) in [5, 5.41) is 0. The first-order valence-electron chi connectivity index (χ1n) is 4.80. The Kier molecular flexibility index (Phi) is 3.57. The molecule has 0 aromatic carbocycles. The third-order valence-corrected chi connectivity index (χ3v) is 12.6. The Bertz CT molecular complexity index is 304. The van der Waals surface area contributed by atoms with Gasteiger partial charge < -0.3 is 4.74 Å². The van der Waals surface area contributed by atoms with Crippen LogP contribution in [0.25, 0.3) is 0 Å². The first-order valence-corrected chi connectivity index (χ1v) is 11.2. The number of hydrogen-bond acceptors (Lipinski definition) is 4. The Hall–Kier alpha value is 1.30. The number of halogens is 1. The summed E-state index contributed by atoms with van der Waals surface area (Å²) < 4.78 is 18.0. The van der Waals surface area contributed by atoms with Gasteiger partial charge in [0.05, 0.1) is 10.0 Å². The minimum absolute atomic E-state index is 0.122. The van der Waals surface area contributed by atoms with Crippen LogP contribution in [0.1, 0.15) is 6.92 Å². The van der Waals surface area contributed by atoms with E-state index in [4.69, 9.17) is 24.4 Å². The van der Waals surface area contributed by atoms with Gasteiger partial charge in [-0.15, -0.1) is 22.8 Å². The van der Waals surface area contributed by atoms with Crippen molar-refractivity contribution >= 4 is 46.9 Å². The summed E-state index contributed by atoms with van der Waals surface area (Å²) >= 11 is 9.00. The first kappa shape index (κ1) is 12.8. The molecular formula is C8H13BFOPS3. The molecule has 2 radical (unpaired) electrons. The van der Waals surface area contributed by atoms with E-state index < -0.39 is 16.6 Å². The van der Waals surface area contributed by atoms with Crippen LogP contribution in [0.15, 0.2) is 0 Å². The fourth-order valence-corrected chi connectivity index (χ4v) is 9.37. The lowest BCUT2D eigenvalue weighted by Crippen LogP contribution is -2.42. The summed E-state index contributed by atoms with van der Waals surface area (Å²) in [6.07, 6.45) is -1.04. The van der Waals surface area contributed by atoms with Gasteiger partial charge in [-0.25, -0.2) is 4.39 Å². The van der Waals surface area contributed by atoms with Crippen LogP contribution in [0.2, 0.25) is 0 Å². The summed E-state index contributed by atoms with van der Waals surface area (Å²) in [5.74, 6) is 1.47. The van der Waals surface area contributed by atoms with Gasteiger partial charge in [-0.3, -0.25) is 0 Å². The van der Waals surface area contributed by atoms with Gasteiger partial charge in [0.25, 0.3) is 0 Å². The normalized spacial score (nSPS) is 56.1. The molecule has 0 aromatic heterocycles. The van der Waals surface area contributed by atoms with Crippen LogP contribution in [-0.4, -0.2) is 43.8 Å². The van der Waals surface area contributed by atoms with E-state index in [9.17, 15) is 4.39 Å². The minimum Gasteiger partial charge on any atom is -0.376 e. The second-order valence-electron chi connectivity index (χ2n) is 4.20. The van der Waals surface area contributed by atoms with Crippen molar-refractivity contribution in [1.82, 2.24) is 0 Å². The van der Waals surface area contributed by atoms with Crippen molar-refractivity contribution in [2.45, 2.75) is 24.7 Å². The second-order valence-corrected chi connectivity index (χ2v) is 17.0. The fraction of sp³-hybridized carbons (Fsp3) is 1.00. The van der Waals surface area contributed by atoms with Crippen molar-refractivity contribution in [2.24, 2.45) is 5.92 Å². The lowest BCUT2D eigenvalue weighted by Gasteiger charge is -2.39. The molecule has 0 amide bonds. The van der Waals surface area contributed by atoms with Crippen molar-refractivity contribution in [1.29, 1.82) is 0 Å². The molecule has 1 nitrogen and oxygen atoms in total. The highest BCUT2D eigenvalue weighted by atomic mass is 33.2. The highest BCUT2D eigenvalue weighted by Gasteiger charge is 2.53. The number of alkyl halides is 1. The molecule has 2 aliphatic heterocycles. The van der Waals surface area contributed by atoms with Gasteiger partial charge in [0, 0.05) is 23.4 Å². The van der Waals surface area contributed by atoms with Crippen LogP contribution in [0.4, 0.5) is 4.39 Å². The molecule has 0 saturated carbocycles. The van der Waals surface area contributed by atoms with Crippen LogP contribution in [0.3, 0.4) is 0 Å². The molecule has 3 atom stereocenters. The molecule has 2 aliphatic rings. The van der Waals surface area contributed by atoms with Crippen LogP contribution in [-0.2, 0) is 16.5 Å². The minimum atomic E-state index is -1.31. The van der Waals surface area contributed by atoms with Crippen LogP contribution in [0.5, 0.6) is 0 Å². The molecule has 0 aromatic rings. The topological polar surface area (TPSA) is 9.23 Å². The Morgan fingerprint density at radius 3 is 2.47 bits per heavy atom. The maximum absolute atomic E-state index is 13.6. The Balaban J connectivity index is 2.14. The Morgan fingerprint density at radius 1 is 1.53 bits per heavy atom. The SMILES string of the molecule is [B][C@@H]1OC2(CSP(C)(=S)SC2)C(C)[C@@H]1F. The predicted molar refractivity (Wildman–Crippen MR) is 72.5 cm³/mol. The van der Waals surface area contributed by atoms with Gasteiger partial charge in [-0.05, 0) is 6.66 Å². The standard InChI is InChI=1S/C8H13BFOPS3/c1-5-6(10)7(9)11-8(5)3-14-12(2,13)15-4-8/h5-7H,3-4H2,1-2H3/t5?,6-,7+,8?,12?/m0/s1. The van der Waals surface area contributed by atoms with Gasteiger partial charge in [-0.2, -0.15) is 0 Å². The molecule has 7 heteroatoms. The number of hydrogen-bond donors (Lipinski definition) is 0. The lowest BCUT2D eigenvalue weighted by molar-refractivity contribution is 0.00730. The van der Waals surface area contributed by atoms with E-state index in [0.717, 1.165) is 11.5 Å². The highest BCUT2D eigenvalue weighted by molar-refractivity contribution is 9.00. The number of ether oxygens (including phenoxy) is 1. The molecular weight excluding hydrogens is 269 g/mol. The summed E-state index contributed by atoms with van der Waals surface area (Å²) in [6.45, 7) is 4.01. The van der Waals surface area contributed by atoms with E-state index in [0.29, 0.717) is 0 Å². The van der Waals surface area contributed by atoms with E-state index in [2.05, 4.69) is 6.66 Å². The summed E-state index contributed by atoms with van der Waals surface area (Å²) in [5.41, 5.74) is -0.382. The smallest absolute Gasteiger partial charge is 0.123 e. The quantitative estimate of drug-likeness (QED) is 0.498. The zero-order valence-corrected chi connectivity index (χ0v) is 12.0. The molecule has 84 valence electrons. The predicted octanol–water partition coefficient (Wildman–Crippen LogP) is 2.64. The molecule has 1 spiro atoms. The molecule has 15 heavy (non-hydrogen) atoms. The monoisotopic (exact) mass is 282 g/mol. The maximum Gasteiger partial charge on any atom is 0.123 e. The van der Waals surface area contributed by atoms with Crippen LogP contribution < -0.4 is 0 Å². The van der Waals surface area contributed by atoms with Crippen molar-refractivity contribution in [3.05, 3.63) is 0 Å². The van der Waals surface area contributed by atoms with Crippen molar-refractivity contribution in [3.8, 4) is 0 Å². The maximum atomic E-state index is 13.6. The van der Waals surface area contributed by atoms with Gasteiger partial charge >= 0.3 is 0 Å². The second kappa shape index (κ2) is 4.20. The zero-order valence-electron chi connectivity index (χ0n) is 8.68. The third-order valence-electron chi connectivity index (χ3n) is 3.08. The highest BCUT2D eigenvalue weighted by Crippen LogP contribution is 2.72. The van der Waals surface area contributed by atoms with E-state index in [1.54, 1.807) is 22.8 Å². The van der Waals surface area contributed by atoms with E-state index in [1.165, 1.54) is 0 Å². The number of rotatable bonds is 0. The fourth-order valence-electron chi connectivity index (χ4n) is 1.88. The lowest BCUT2D eigenvalue weighted by atomic mass is 9.85. The van der Waals surface area contributed by atoms with Gasteiger partial charge in [-0.1, -0.05) is 18.7 Å². The molecule has 0 aliphatic carbocycles. The van der Waals surface area contributed by atoms with E-state index in [-0.39, 0.29) is 11.5 Å². The average molecular weight is 282 g/mol. The Labute approximate surface area is 105 Å². The largest absolute Gasteiger partial charge is 0.376 e. The molecule has 2 rings (SSSR count). The van der Waals surface area contributed by atoms with Gasteiger partial charge in [0.15, 0.2) is 0 Å². The first-order chi connectivity index (χ1) is 6.86. The molecule has 2 heterocycles. The summed E-state index contributed by atoms with van der Waals surface area (Å²) in [4.78, 5) is 0. The summed E-state index contributed by atoms with van der Waals surface area (Å²) in [7, 11) is 5.61. The molecule has 2 fully saturated rings. The van der Waals surface area contributed by atoms with Gasteiger partial charge in [0.2, 0.25) is 0 Å².